The maximum Gasteiger partial charge on any atom is 0.359 e. The van der Waals surface area contributed by atoms with Gasteiger partial charge >= 0.3 is 5.97 Å². The Morgan fingerprint density at radius 1 is 1.17 bits per heavy atom. The fraction of sp³-hybridized carbons (Fsp3) is 0.130. The van der Waals surface area contributed by atoms with Gasteiger partial charge in [0.2, 0.25) is 10.0 Å². The minimum Gasteiger partial charge on any atom is -0.461 e. The van der Waals surface area contributed by atoms with E-state index in [4.69, 9.17) is 9.88 Å². The van der Waals surface area contributed by atoms with Crippen molar-refractivity contribution >= 4 is 49.0 Å². The zero-order valence-electron chi connectivity index (χ0n) is 18.6. The number of thiophene rings is 1. The molecule has 2 aromatic heterocycles. The lowest BCUT2D eigenvalue weighted by molar-refractivity contribution is 0.0520. The van der Waals surface area contributed by atoms with Crippen LogP contribution in [0.25, 0.3) is 16.5 Å². The van der Waals surface area contributed by atoms with E-state index in [2.05, 4.69) is 10.4 Å². The van der Waals surface area contributed by atoms with Gasteiger partial charge in [-0.25, -0.2) is 18.4 Å². The SMILES string of the molecule is CCOC(=O)c1nn(-c2cccc(C)c2)c(=O)c2c(NC(=O)c3ccc(S(N)(=O)=O)cc3)scc12. The first kappa shape index (κ1) is 24.3. The molecule has 10 nitrogen and oxygen atoms in total. The van der Waals surface area contributed by atoms with Crippen molar-refractivity contribution in [2.24, 2.45) is 5.14 Å². The topological polar surface area (TPSA) is 150 Å². The number of primary sulfonamides is 1. The Balaban J connectivity index is 1.83. The number of benzene rings is 2. The maximum absolute atomic E-state index is 13.5. The van der Waals surface area contributed by atoms with Crippen LogP contribution in [-0.4, -0.2) is 36.7 Å². The third-order valence-electron chi connectivity index (χ3n) is 5.04. The van der Waals surface area contributed by atoms with Gasteiger partial charge in [-0.05, 0) is 55.8 Å². The van der Waals surface area contributed by atoms with E-state index >= 15 is 0 Å². The van der Waals surface area contributed by atoms with Crippen molar-refractivity contribution in [2.75, 3.05) is 11.9 Å². The summed E-state index contributed by atoms with van der Waals surface area (Å²) in [6.07, 6.45) is 0. The smallest absolute Gasteiger partial charge is 0.359 e. The van der Waals surface area contributed by atoms with E-state index in [1.807, 2.05) is 13.0 Å². The van der Waals surface area contributed by atoms with Gasteiger partial charge < -0.3 is 10.1 Å². The number of aromatic nitrogens is 2. The molecule has 0 bridgehead atoms. The molecule has 0 radical (unpaired) electrons. The van der Waals surface area contributed by atoms with E-state index in [0.717, 1.165) is 21.6 Å². The van der Waals surface area contributed by atoms with Gasteiger partial charge in [-0.15, -0.1) is 11.3 Å². The lowest BCUT2D eigenvalue weighted by Gasteiger charge is -2.10. The number of carbonyl (C=O) groups excluding carboxylic acids is 2. The highest BCUT2D eigenvalue weighted by Crippen LogP contribution is 2.31. The number of ether oxygens (including phenoxy) is 1. The summed E-state index contributed by atoms with van der Waals surface area (Å²) in [5, 5.41) is 14.2. The molecule has 12 heteroatoms. The molecule has 0 saturated carbocycles. The highest BCUT2D eigenvalue weighted by atomic mass is 32.2. The third kappa shape index (κ3) is 4.85. The van der Waals surface area contributed by atoms with Gasteiger partial charge in [0, 0.05) is 16.3 Å². The second-order valence-corrected chi connectivity index (χ2v) is 9.94. The summed E-state index contributed by atoms with van der Waals surface area (Å²) in [7, 11) is -3.91. The number of amides is 1. The first-order chi connectivity index (χ1) is 16.6. The van der Waals surface area contributed by atoms with Crippen LogP contribution in [0.3, 0.4) is 0 Å². The first-order valence-corrected chi connectivity index (χ1v) is 12.8. The highest BCUT2D eigenvalue weighted by molar-refractivity contribution is 7.89. The predicted octanol–water partition coefficient (Wildman–Crippen LogP) is 2.83. The fourth-order valence-electron chi connectivity index (χ4n) is 3.40. The Morgan fingerprint density at radius 2 is 1.89 bits per heavy atom. The summed E-state index contributed by atoms with van der Waals surface area (Å²) in [4.78, 5) is 38.8. The quantitative estimate of drug-likeness (QED) is 0.377. The van der Waals surface area contributed by atoms with Gasteiger partial charge in [0.25, 0.3) is 11.5 Å². The largest absolute Gasteiger partial charge is 0.461 e. The highest BCUT2D eigenvalue weighted by Gasteiger charge is 2.23. The Labute approximate surface area is 204 Å². The molecule has 180 valence electrons. The fourth-order valence-corrected chi connectivity index (χ4v) is 4.85. The molecule has 1 amide bonds. The van der Waals surface area contributed by atoms with Crippen LogP contribution in [0.5, 0.6) is 0 Å². The van der Waals surface area contributed by atoms with Crippen molar-refractivity contribution in [3.63, 3.8) is 0 Å². The average Bonchev–Trinajstić information content (AvgIpc) is 3.23. The molecule has 4 aromatic rings. The Kier molecular flexibility index (Phi) is 6.52. The monoisotopic (exact) mass is 512 g/mol. The number of nitrogens with one attached hydrogen (secondary N) is 1. The van der Waals surface area contributed by atoms with Gasteiger partial charge in [-0.2, -0.15) is 9.78 Å². The molecule has 2 heterocycles. The van der Waals surface area contributed by atoms with Crippen molar-refractivity contribution < 1.29 is 22.7 Å². The van der Waals surface area contributed by atoms with Crippen LogP contribution in [0, 0.1) is 6.92 Å². The molecule has 0 atom stereocenters. The number of sulfonamides is 1. The van der Waals surface area contributed by atoms with E-state index in [1.54, 1.807) is 30.5 Å². The number of hydrogen-bond acceptors (Lipinski definition) is 8. The van der Waals surface area contributed by atoms with E-state index in [9.17, 15) is 22.8 Å². The zero-order valence-corrected chi connectivity index (χ0v) is 20.3. The molecule has 0 aliphatic rings. The van der Waals surface area contributed by atoms with Gasteiger partial charge in [-0.3, -0.25) is 9.59 Å². The molecule has 0 spiro atoms. The van der Waals surface area contributed by atoms with E-state index in [0.29, 0.717) is 5.69 Å². The van der Waals surface area contributed by atoms with Gasteiger partial charge in [0.15, 0.2) is 5.69 Å². The van der Waals surface area contributed by atoms with Crippen molar-refractivity contribution in [2.45, 2.75) is 18.7 Å². The number of nitrogens with zero attached hydrogens (tertiary/aromatic N) is 2. The molecular weight excluding hydrogens is 492 g/mol. The van der Waals surface area contributed by atoms with Gasteiger partial charge in [-0.1, -0.05) is 12.1 Å². The Bertz CT molecular complexity index is 1620. The number of carbonyl (C=O) groups is 2. The molecule has 2 aromatic carbocycles. The molecule has 0 aliphatic carbocycles. The number of rotatable bonds is 6. The lowest BCUT2D eigenvalue weighted by Crippen LogP contribution is -2.25. The number of hydrogen-bond donors (Lipinski definition) is 2. The minimum atomic E-state index is -3.91. The van der Waals surface area contributed by atoms with Crippen LogP contribution in [0.2, 0.25) is 0 Å². The second-order valence-electron chi connectivity index (χ2n) is 7.50. The van der Waals surface area contributed by atoms with Crippen molar-refractivity contribution in [3.05, 3.63) is 81.1 Å². The number of fused-ring (bicyclic) bond motifs is 1. The third-order valence-corrected chi connectivity index (χ3v) is 6.86. The number of aryl methyl sites for hydroxylation is 1. The lowest BCUT2D eigenvalue weighted by atomic mass is 10.2. The standard InChI is InChI=1S/C23H20N4O6S2/c1-3-33-23(30)19-17-12-34-21(25-20(28)14-7-9-16(10-8-14)35(24,31)32)18(17)22(29)27(26-19)15-6-4-5-13(2)11-15/h4-12H,3H2,1-2H3,(H,25,28)(H2,24,31,32). The number of anilines is 1. The summed E-state index contributed by atoms with van der Waals surface area (Å²) in [6.45, 7) is 3.64. The summed E-state index contributed by atoms with van der Waals surface area (Å²) in [5.74, 6) is -1.28. The summed E-state index contributed by atoms with van der Waals surface area (Å²) >= 11 is 1.06. The molecular formula is C23H20N4O6S2. The van der Waals surface area contributed by atoms with Crippen LogP contribution in [0.1, 0.15) is 33.3 Å². The zero-order chi connectivity index (χ0) is 25.3. The molecule has 0 unspecified atom stereocenters. The van der Waals surface area contributed by atoms with Crippen molar-refractivity contribution in [3.8, 4) is 5.69 Å². The van der Waals surface area contributed by atoms with Crippen LogP contribution in [0.4, 0.5) is 5.00 Å². The van der Waals surface area contributed by atoms with Crippen LogP contribution < -0.4 is 16.0 Å². The van der Waals surface area contributed by atoms with Gasteiger partial charge in [0.05, 0.1) is 22.6 Å². The summed E-state index contributed by atoms with van der Waals surface area (Å²) in [6, 6.07) is 12.1. The normalized spacial score (nSPS) is 11.4. The maximum atomic E-state index is 13.5. The van der Waals surface area contributed by atoms with Crippen LogP contribution in [0.15, 0.2) is 63.6 Å². The molecule has 4 rings (SSSR count). The van der Waals surface area contributed by atoms with E-state index in [1.165, 1.54) is 24.3 Å². The van der Waals surface area contributed by atoms with Crippen LogP contribution >= 0.6 is 11.3 Å². The average molecular weight is 513 g/mol. The molecule has 3 N–H and O–H groups in total. The van der Waals surface area contributed by atoms with Crippen molar-refractivity contribution in [1.82, 2.24) is 9.78 Å². The molecule has 0 fully saturated rings. The molecule has 0 saturated heterocycles. The predicted molar refractivity (Wildman–Crippen MR) is 132 cm³/mol. The van der Waals surface area contributed by atoms with Crippen molar-refractivity contribution in [1.29, 1.82) is 0 Å². The molecule has 0 aliphatic heterocycles. The van der Waals surface area contributed by atoms with Gasteiger partial charge in [0.1, 0.15) is 5.00 Å². The summed E-state index contributed by atoms with van der Waals surface area (Å²) in [5.41, 5.74) is 0.898. The second kappa shape index (κ2) is 9.41. The number of nitrogens with two attached hydrogens (primary N) is 1. The van der Waals surface area contributed by atoms with E-state index < -0.39 is 27.5 Å². The Hall–Kier alpha value is -3.87. The van der Waals surface area contributed by atoms with Crippen LogP contribution in [-0.2, 0) is 14.8 Å². The summed E-state index contributed by atoms with van der Waals surface area (Å²) < 4.78 is 29.1. The Morgan fingerprint density at radius 3 is 2.51 bits per heavy atom. The molecule has 35 heavy (non-hydrogen) atoms. The minimum absolute atomic E-state index is 0.0581. The van der Waals surface area contributed by atoms with E-state index in [-0.39, 0.29) is 38.5 Å². The first-order valence-electron chi connectivity index (χ1n) is 10.3. The number of esters is 1.